The summed E-state index contributed by atoms with van der Waals surface area (Å²) in [5.74, 6) is -0.668. The molecule has 0 spiro atoms. The van der Waals surface area contributed by atoms with Crippen molar-refractivity contribution in [2.75, 3.05) is 0 Å². The molecular weight excluding hydrogens is 180 g/mol. The number of H-pyrrole nitrogens is 1. The number of aromatic amines is 1. The van der Waals surface area contributed by atoms with E-state index in [1.54, 1.807) is 0 Å². The zero-order valence-corrected chi connectivity index (χ0v) is 7.79. The summed E-state index contributed by atoms with van der Waals surface area (Å²) in [6.45, 7) is 0. The average Bonchev–Trinajstić information content (AvgIpc) is 2.65. The van der Waals surface area contributed by atoms with Crippen LogP contribution in [-0.4, -0.2) is 21.3 Å². The van der Waals surface area contributed by atoms with Gasteiger partial charge in [-0.15, -0.1) is 0 Å². The predicted molar refractivity (Wildman–Crippen MR) is 49.1 cm³/mol. The highest BCUT2D eigenvalue weighted by Gasteiger charge is 2.47. The molecule has 0 saturated heterocycles. The lowest BCUT2D eigenvalue weighted by Gasteiger charge is -1.95. The molecule has 3 rings (SSSR count). The van der Waals surface area contributed by atoms with E-state index < -0.39 is 5.97 Å². The third kappa shape index (κ3) is 0.997. The van der Waals surface area contributed by atoms with Gasteiger partial charge in [-0.25, -0.2) is 0 Å². The maximum atomic E-state index is 10.7. The quantitative estimate of drug-likeness (QED) is 0.737. The molecule has 2 aliphatic rings. The van der Waals surface area contributed by atoms with Crippen LogP contribution in [0, 0.1) is 5.92 Å². The van der Waals surface area contributed by atoms with E-state index in [2.05, 4.69) is 10.2 Å². The lowest BCUT2D eigenvalue weighted by atomic mass is 10.1. The van der Waals surface area contributed by atoms with Gasteiger partial charge >= 0.3 is 5.97 Å². The summed E-state index contributed by atoms with van der Waals surface area (Å²) in [5.41, 5.74) is 3.57. The number of nitrogens with one attached hydrogen (secondary N) is 1. The van der Waals surface area contributed by atoms with Crippen molar-refractivity contribution in [3.8, 4) is 0 Å². The van der Waals surface area contributed by atoms with Gasteiger partial charge in [-0.1, -0.05) is 0 Å². The number of carbonyl (C=O) groups is 1. The third-order valence-corrected chi connectivity index (χ3v) is 3.30. The summed E-state index contributed by atoms with van der Waals surface area (Å²) in [6.07, 6.45) is 4.10. The van der Waals surface area contributed by atoms with Crippen LogP contribution in [0.15, 0.2) is 0 Å². The van der Waals surface area contributed by atoms with Gasteiger partial charge in [0.15, 0.2) is 0 Å². The van der Waals surface area contributed by atoms with Crippen molar-refractivity contribution in [3.63, 3.8) is 0 Å². The van der Waals surface area contributed by atoms with Crippen molar-refractivity contribution in [2.45, 2.75) is 31.6 Å². The number of hydrogen-bond acceptors (Lipinski definition) is 2. The molecule has 1 fully saturated rings. The molecule has 0 amide bonds. The van der Waals surface area contributed by atoms with Crippen LogP contribution in [0.25, 0.3) is 0 Å². The van der Waals surface area contributed by atoms with E-state index in [-0.39, 0.29) is 11.8 Å². The third-order valence-electron chi connectivity index (χ3n) is 3.30. The first-order chi connectivity index (χ1) is 6.77. The zero-order chi connectivity index (χ0) is 9.71. The summed E-state index contributed by atoms with van der Waals surface area (Å²) in [5, 5.41) is 16.1. The Hall–Kier alpha value is -1.32. The number of nitrogens with zero attached hydrogens (tertiary/aromatic N) is 1. The van der Waals surface area contributed by atoms with Crippen LogP contribution >= 0.6 is 0 Å². The second kappa shape index (κ2) is 2.59. The van der Waals surface area contributed by atoms with E-state index in [4.69, 9.17) is 5.11 Å². The predicted octanol–water partition coefficient (Wildman–Crippen LogP) is 1.09. The van der Waals surface area contributed by atoms with Gasteiger partial charge in [0.25, 0.3) is 0 Å². The van der Waals surface area contributed by atoms with Crippen molar-refractivity contribution in [2.24, 2.45) is 5.92 Å². The lowest BCUT2D eigenvalue weighted by Crippen LogP contribution is -2.00. The number of carboxylic acids is 1. The molecule has 4 heteroatoms. The molecule has 1 aromatic heterocycles. The molecule has 1 saturated carbocycles. The Labute approximate surface area is 81.3 Å². The molecule has 0 aromatic carbocycles. The molecule has 0 bridgehead atoms. The number of hydrogen-bond donors (Lipinski definition) is 2. The maximum absolute atomic E-state index is 10.7. The first-order valence-corrected chi connectivity index (χ1v) is 5.06. The molecule has 2 N–H and O–H groups in total. The summed E-state index contributed by atoms with van der Waals surface area (Å²) >= 11 is 0. The molecule has 0 radical (unpaired) electrons. The Morgan fingerprint density at radius 2 is 2.36 bits per heavy atom. The Bertz CT molecular complexity index is 397. The van der Waals surface area contributed by atoms with Crippen LogP contribution in [0.5, 0.6) is 0 Å². The molecule has 1 aromatic rings. The minimum absolute atomic E-state index is 0.178. The van der Waals surface area contributed by atoms with Crippen molar-refractivity contribution in [3.05, 3.63) is 17.0 Å². The van der Waals surface area contributed by atoms with E-state index in [1.165, 1.54) is 17.7 Å². The SMILES string of the molecule is O=C(O)[C@@H]1C[C@H]1c1n[nH]c2c1CCC2. The van der Waals surface area contributed by atoms with E-state index >= 15 is 0 Å². The van der Waals surface area contributed by atoms with Gasteiger partial charge in [-0.3, -0.25) is 9.89 Å². The van der Waals surface area contributed by atoms with Crippen molar-refractivity contribution >= 4 is 5.97 Å². The van der Waals surface area contributed by atoms with Gasteiger partial charge in [0, 0.05) is 11.6 Å². The van der Waals surface area contributed by atoms with Gasteiger partial charge in [0.1, 0.15) is 0 Å². The van der Waals surface area contributed by atoms with Crippen LogP contribution in [0.4, 0.5) is 0 Å². The number of aryl methyl sites for hydroxylation is 1. The Morgan fingerprint density at radius 3 is 3.07 bits per heavy atom. The van der Waals surface area contributed by atoms with Crippen LogP contribution < -0.4 is 0 Å². The van der Waals surface area contributed by atoms with E-state index in [0.717, 1.165) is 25.0 Å². The van der Waals surface area contributed by atoms with Gasteiger partial charge in [-0.05, 0) is 31.2 Å². The van der Waals surface area contributed by atoms with Crippen LogP contribution in [0.1, 0.15) is 35.7 Å². The highest BCUT2D eigenvalue weighted by molar-refractivity contribution is 5.75. The first-order valence-electron chi connectivity index (χ1n) is 5.06. The summed E-state index contributed by atoms with van der Waals surface area (Å²) < 4.78 is 0. The number of carboxylic acid groups (broad SMARTS) is 1. The topological polar surface area (TPSA) is 66.0 Å². The van der Waals surface area contributed by atoms with E-state index in [0.29, 0.717) is 0 Å². The van der Waals surface area contributed by atoms with Gasteiger partial charge < -0.3 is 5.11 Å². The molecule has 4 nitrogen and oxygen atoms in total. The van der Waals surface area contributed by atoms with Crippen LogP contribution in [0.2, 0.25) is 0 Å². The standard InChI is InChI=1S/C10H12N2O2/c13-10(14)7-4-6(7)9-5-2-1-3-8(5)11-12-9/h6-7H,1-4H2,(H,11,12)(H,13,14)/t6-,7-/m1/s1. The lowest BCUT2D eigenvalue weighted by molar-refractivity contribution is -0.138. The smallest absolute Gasteiger partial charge is 0.307 e. The first kappa shape index (κ1) is 8.03. The average molecular weight is 192 g/mol. The Balaban J connectivity index is 1.89. The van der Waals surface area contributed by atoms with Gasteiger partial charge in [0.2, 0.25) is 0 Å². The molecule has 74 valence electrons. The monoisotopic (exact) mass is 192 g/mol. The highest BCUT2D eigenvalue weighted by atomic mass is 16.4. The normalized spacial score (nSPS) is 28.9. The number of rotatable bonds is 2. The van der Waals surface area contributed by atoms with E-state index in [9.17, 15) is 4.79 Å². The van der Waals surface area contributed by atoms with Crippen molar-refractivity contribution < 1.29 is 9.90 Å². The number of aliphatic carboxylic acids is 1. The van der Waals surface area contributed by atoms with E-state index in [1.807, 2.05) is 0 Å². The van der Waals surface area contributed by atoms with Crippen LogP contribution in [0.3, 0.4) is 0 Å². The fourth-order valence-corrected chi connectivity index (χ4v) is 2.42. The zero-order valence-electron chi connectivity index (χ0n) is 7.79. The fraction of sp³-hybridized carbons (Fsp3) is 0.600. The van der Waals surface area contributed by atoms with Crippen molar-refractivity contribution in [1.29, 1.82) is 0 Å². The van der Waals surface area contributed by atoms with Gasteiger partial charge in [0.05, 0.1) is 11.6 Å². The summed E-state index contributed by atoms with van der Waals surface area (Å²) in [7, 11) is 0. The minimum Gasteiger partial charge on any atom is -0.481 e. The molecule has 2 aliphatic carbocycles. The van der Waals surface area contributed by atoms with Gasteiger partial charge in [-0.2, -0.15) is 5.10 Å². The maximum Gasteiger partial charge on any atom is 0.307 e. The molecule has 0 aliphatic heterocycles. The molecular formula is C10H12N2O2. The van der Waals surface area contributed by atoms with Crippen LogP contribution in [-0.2, 0) is 17.6 Å². The molecule has 2 atom stereocenters. The molecule has 14 heavy (non-hydrogen) atoms. The summed E-state index contributed by atoms with van der Waals surface area (Å²) in [6, 6.07) is 0. The number of fused-ring (bicyclic) bond motifs is 1. The van der Waals surface area contributed by atoms with Crippen molar-refractivity contribution in [1.82, 2.24) is 10.2 Å². The Kier molecular flexibility index (Phi) is 1.48. The second-order valence-electron chi connectivity index (χ2n) is 4.21. The fourth-order valence-electron chi connectivity index (χ4n) is 2.42. The minimum atomic E-state index is -0.676. The molecule has 1 heterocycles. The second-order valence-corrected chi connectivity index (χ2v) is 4.21. The molecule has 0 unspecified atom stereocenters. The number of aromatic nitrogens is 2. The summed E-state index contributed by atoms with van der Waals surface area (Å²) in [4.78, 5) is 10.7. The highest BCUT2D eigenvalue weighted by Crippen LogP contribution is 2.49. The Morgan fingerprint density at radius 1 is 1.50 bits per heavy atom. The largest absolute Gasteiger partial charge is 0.481 e.